The lowest BCUT2D eigenvalue weighted by Crippen LogP contribution is -2.48. The molecule has 8 nitrogen and oxygen atoms in total. The number of hydrogen-bond donors (Lipinski definition) is 1. The Hall–Kier alpha value is -2.49. The Morgan fingerprint density at radius 3 is 2.50 bits per heavy atom. The van der Waals surface area contributed by atoms with Crippen molar-refractivity contribution in [3.8, 4) is 0 Å². The minimum Gasteiger partial charge on any atom is -0.354 e. The van der Waals surface area contributed by atoms with Gasteiger partial charge in [0, 0.05) is 52.2 Å². The summed E-state index contributed by atoms with van der Waals surface area (Å²) in [7, 11) is -0.580. The molecule has 28 heavy (non-hydrogen) atoms. The van der Waals surface area contributed by atoms with Crippen LogP contribution in [0.2, 0.25) is 0 Å². The third kappa shape index (κ3) is 4.86. The molecule has 1 aromatic heterocycles. The zero-order valence-electron chi connectivity index (χ0n) is 16.1. The first-order valence-electron chi connectivity index (χ1n) is 9.07. The second-order valence-corrected chi connectivity index (χ2v) is 8.97. The van der Waals surface area contributed by atoms with E-state index in [1.54, 1.807) is 18.3 Å². The standard InChI is InChI=1S/C19H25N5O3S/c1-22(2)28(26,27)17-7-5-6-16(14-17)21-19(25)15-23-10-12-24(13-11-23)18-8-3-4-9-20-18/h3-9,14H,10-13,15H2,1-2H3,(H,21,25). The van der Waals surface area contributed by atoms with Crippen molar-refractivity contribution in [2.24, 2.45) is 0 Å². The third-order valence-electron chi connectivity index (χ3n) is 4.61. The fourth-order valence-corrected chi connectivity index (χ4v) is 3.97. The summed E-state index contributed by atoms with van der Waals surface area (Å²) < 4.78 is 25.6. The van der Waals surface area contributed by atoms with Crippen molar-refractivity contribution in [1.82, 2.24) is 14.2 Å². The number of carbonyl (C=O) groups is 1. The van der Waals surface area contributed by atoms with Gasteiger partial charge in [-0.1, -0.05) is 12.1 Å². The first kappa shape index (κ1) is 20.2. The van der Waals surface area contributed by atoms with E-state index in [1.807, 2.05) is 18.2 Å². The SMILES string of the molecule is CN(C)S(=O)(=O)c1cccc(NC(=O)CN2CCN(c3ccccn3)CC2)c1. The van der Waals surface area contributed by atoms with Gasteiger partial charge in [0.05, 0.1) is 11.4 Å². The fraction of sp³-hybridized carbons (Fsp3) is 0.368. The number of benzene rings is 1. The maximum Gasteiger partial charge on any atom is 0.242 e. The number of hydrogen-bond acceptors (Lipinski definition) is 6. The van der Waals surface area contributed by atoms with Crippen LogP contribution in [0.25, 0.3) is 0 Å². The summed E-state index contributed by atoms with van der Waals surface area (Å²) in [5.74, 6) is 0.788. The van der Waals surface area contributed by atoms with Crippen LogP contribution in [0, 0.1) is 0 Å². The van der Waals surface area contributed by atoms with Crippen molar-refractivity contribution in [1.29, 1.82) is 0 Å². The summed E-state index contributed by atoms with van der Waals surface area (Å²) in [6.07, 6.45) is 1.78. The number of pyridine rings is 1. The molecular weight excluding hydrogens is 378 g/mol. The minimum atomic E-state index is -3.53. The lowest BCUT2D eigenvalue weighted by molar-refractivity contribution is -0.117. The Balaban J connectivity index is 1.54. The number of piperazine rings is 1. The Morgan fingerprint density at radius 2 is 1.86 bits per heavy atom. The molecule has 1 saturated heterocycles. The molecule has 150 valence electrons. The van der Waals surface area contributed by atoms with Gasteiger partial charge in [-0.2, -0.15) is 0 Å². The van der Waals surface area contributed by atoms with Crippen LogP contribution in [0.3, 0.4) is 0 Å². The molecule has 0 saturated carbocycles. The second kappa shape index (κ2) is 8.68. The summed E-state index contributed by atoms with van der Waals surface area (Å²) in [4.78, 5) is 21.2. The molecule has 0 unspecified atom stereocenters. The molecule has 2 heterocycles. The van der Waals surface area contributed by atoms with Crippen LogP contribution in [0.5, 0.6) is 0 Å². The maximum absolute atomic E-state index is 12.4. The molecule has 1 aliphatic rings. The number of carbonyl (C=O) groups excluding carboxylic acids is 1. The number of amides is 1. The van der Waals surface area contributed by atoms with Crippen molar-refractivity contribution in [3.63, 3.8) is 0 Å². The molecule has 2 aromatic rings. The predicted octanol–water partition coefficient (Wildman–Crippen LogP) is 1.09. The molecule has 3 rings (SSSR count). The van der Waals surface area contributed by atoms with E-state index in [0.717, 1.165) is 36.3 Å². The average molecular weight is 404 g/mol. The highest BCUT2D eigenvalue weighted by atomic mass is 32.2. The molecule has 0 aliphatic carbocycles. The van der Waals surface area contributed by atoms with E-state index in [0.29, 0.717) is 5.69 Å². The summed E-state index contributed by atoms with van der Waals surface area (Å²) in [5.41, 5.74) is 0.472. The molecule has 0 spiro atoms. The van der Waals surface area contributed by atoms with Crippen LogP contribution >= 0.6 is 0 Å². The molecular formula is C19H25N5O3S. The lowest BCUT2D eigenvalue weighted by atomic mass is 10.3. The Labute approximate surface area is 165 Å². The van der Waals surface area contributed by atoms with Gasteiger partial charge in [0.15, 0.2) is 0 Å². The number of sulfonamides is 1. The van der Waals surface area contributed by atoms with E-state index in [1.165, 1.54) is 26.2 Å². The highest BCUT2D eigenvalue weighted by Crippen LogP contribution is 2.18. The van der Waals surface area contributed by atoms with Crippen molar-refractivity contribution in [2.45, 2.75) is 4.90 Å². The number of nitrogens with zero attached hydrogens (tertiary/aromatic N) is 4. The van der Waals surface area contributed by atoms with Gasteiger partial charge in [-0.05, 0) is 30.3 Å². The van der Waals surface area contributed by atoms with E-state index in [9.17, 15) is 13.2 Å². The lowest BCUT2D eigenvalue weighted by Gasteiger charge is -2.34. The van der Waals surface area contributed by atoms with E-state index >= 15 is 0 Å². The number of rotatable bonds is 6. The van der Waals surface area contributed by atoms with Gasteiger partial charge in [0.1, 0.15) is 5.82 Å². The predicted molar refractivity (Wildman–Crippen MR) is 109 cm³/mol. The molecule has 1 N–H and O–H groups in total. The van der Waals surface area contributed by atoms with Crippen molar-refractivity contribution < 1.29 is 13.2 Å². The Kier molecular flexibility index (Phi) is 6.28. The van der Waals surface area contributed by atoms with Gasteiger partial charge in [0.2, 0.25) is 15.9 Å². The fourth-order valence-electron chi connectivity index (χ4n) is 3.02. The van der Waals surface area contributed by atoms with Gasteiger partial charge in [0.25, 0.3) is 0 Å². The third-order valence-corrected chi connectivity index (χ3v) is 6.42. The van der Waals surface area contributed by atoms with Crippen molar-refractivity contribution >= 4 is 27.4 Å². The Bertz CT molecular complexity index is 910. The van der Waals surface area contributed by atoms with Crippen molar-refractivity contribution in [2.75, 3.05) is 57.0 Å². The highest BCUT2D eigenvalue weighted by molar-refractivity contribution is 7.89. The molecule has 0 bridgehead atoms. The molecule has 1 aromatic carbocycles. The largest absolute Gasteiger partial charge is 0.354 e. The van der Waals surface area contributed by atoms with Crippen molar-refractivity contribution in [3.05, 3.63) is 48.7 Å². The monoisotopic (exact) mass is 403 g/mol. The van der Waals surface area contributed by atoms with Crippen LogP contribution < -0.4 is 10.2 Å². The van der Waals surface area contributed by atoms with E-state index in [4.69, 9.17) is 0 Å². The van der Waals surface area contributed by atoms with Crippen LogP contribution in [0.4, 0.5) is 11.5 Å². The first-order valence-corrected chi connectivity index (χ1v) is 10.5. The highest BCUT2D eigenvalue weighted by Gasteiger charge is 2.21. The molecule has 1 amide bonds. The summed E-state index contributed by atoms with van der Waals surface area (Å²) >= 11 is 0. The minimum absolute atomic E-state index is 0.152. The van der Waals surface area contributed by atoms with Gasteiger partial charge >= 0.3 is 0 Å². The second-order valence-electron chi connectivity index (χ2n) is 6.81. The van der Waals surface area contributed by atoms with Crippen LogP contribution in [-0.2, 0) is 14.8 Å². The van der Waals surface area contributed by atoms with Crippen LogP contribution in [0.1, 0.15) is 0 Å². The smallest absolute Gasteiger partial charge is 0.242 e. The number of anilines is 2. The van der Waals surface area contributed by atoms with Gasteiger partial charge in [-0.3, -0.25) is 9.69 Å². The molecule has 0 atom stereocenters. The van der Waals surface area contributed by atoms with E-state index < -0.39 is 10.0 Å². The quantitative estimate of drug-likeness (QED) is 0.777. The molecule has 1 fully saturated rings. The first-order chi connectivity index (χ1) is 13.4. The maximum atomic E-state index is 12.4. The molecule has 9 heteroatoms. The normalized spacial score (nSPS) is 15.6. The summed E-state index contributed by atoms with van der Waals surface area (Å²) in [6, 6.07) is 12.1. The van der Waals surface area contributed by atoms with Crippen LogP contribution in [0.15, 0.2) is 53.6 Å². The number of aromatic nitrogens is 1. The molecule has 0 radical (unpaired) electrons. The van der Waals surface area contributed by atoms with E-state index in [2.05, 4.69) is 20.1 Å². The zero-order chi connectivity index (χ0) is 20.1. The Morgan fingerprint density at radius 1 is 1.11 bits per heavy atom. The topological polar surface area (TPSA) is 85.8 Å². The summed E-state index contributed by atoms with van der Waals surface area (Å²) in [5, 5.41) is 2.79. The van der Waals surface area contributed by atoms with Gasteiger partial charge < -0.3 is 10.2 Å². The summed E-state index contributed by atoms with van der Waals surface area (Å²) in [6.45, 7) is 3.40. The average Bonchev–Trinajstić information content (AvgIpc) is 2.69. The van der Waals surface area contributed by atoms with Crippen LogP contribution in [-0.4, -0.2) is 75.3 Å². The van der Waals surface area contributed by atoms with E-state index in [-0.39, 0.29) is 17.3 Å². The zero-order valence-corrected chi connectivity index (χ0v) is 16.9. The molecule has 1 aliphatic heterocycles. The number of nitrogens with one attached hydrogen (secondary N) is 1. The van der Waals surface area contributed by atoms with Gasteiger partial charge in [-0.15, -0.1) is 0 Å². The van der Waals surface area contributed by atoms with Gasteiger partial charge in [-0.25, -0.2) is 17.7 Å².